The Hall–Kier alpha value is -2.06. The van der Waals surface area contributed by atoms with E-state index in [1.807, 2.05) is 18.2 Å². The number of anilines is 1. The molecule has 1 aliphatic carbocycles. The Bertz CT molecular complexity index is 800. The van der Waals surface area contributed by atoms with E-state index in [9.17, 15) is 4.79 Å². The molecule has 1 saturated carbocycles. The molecule has 2 aliphatic rings. The van der Waals surface area contributed by atoms with E-state index in [1.54, 1.807) is 13.2 Å². The lowest BCUT2D eigenvalue weighted by Crippen LogP contribution is -2.19. The lowest BCUT2D eigenvalue weighted by Gasteiger charge is -2.14. The maximum atomic E-state index is 12.3. The van der Waals surface area contributed by atoms with Crippen LogP contribution in [-0.2, 0) is 16.1 Å². The normalized spacial score (nSPS) is 19.2. The minimum atomic E-state index is -0.0760. The number of amides is 1. The van der Waals surface area contributed by atoms with Crippen molar-refractivity contribution < 1.29 is 14.3 Å². The van der Waals surface area contributed by atoms with E-state index in [1.165, 1.54) is 24.6 Å². The maximum Gasteiger partial charge on any atom is 0.234 e. The second-order valence-electron chi connectivity index (χ2n) is 6.93. The molecule has 0 radical (unpaired) electrons. The van der Waals surface area contributed by atoms with E-state index >= 15 is 0 Å². The molecule has 27 heavy (non-hydrogen) atoms. The number of nitrogens with zero attached hydrogens (tertiary/aromatic N) is 3. The molecule has 1 saturated heterocycles. The quantitative estimate of drug-likeness (QED) is 0.700. The van der Waals surface area contributed by atoms with Gasteiger partial charge in [0.2, 0.25) is 5.91 Å². The fourth-order valence-corrected chi connectivity index (χ4v) is 4.00. The van der Waals surface area contributed by atoms with Crippen LogP contribution in [-0.4, -0.2) is 46.2 Å². The first kappa shape index (κ1) is 18.3. The van der Waals surface area contributed by atoms with Crippen LogP contribution in [0, 0.1) is 0 Å². The molecule has 1 aromatic carbocycles. The molecule has 2 aromatic rings. The number of benzene rings is 1. The van der Waals surface area contributed by atoms with Gasteiger partial charge in [-0.25, -0.2) is 0 Å². The SMILES string of the molecule is COc1cccc(NC(=O)CSc2nnc(C3CC3)n2CC2CCCO2)c1. The molecule has 144 valence electrons. The number of ether oxygens (including phenoxy) is 2. The van der Waals surface area contributed by atoms with Crippen LogP contribution in [0.1, 0.15) is 37.4 Å². The fourth-order valence-electron chi connectivity index (χ4n) is 3.24. The van der Waals surface area contributed by atoms with Crippen molar-refractivity contribution in [1.82, 2.24) is 14.8 Å². The van der Waals surface area contributed by atoms with Crippen LogP contribution in [0.3, 0.4) is 0 Å². The van der Waals surface area contributed by atoms with Gasteiger partial charge in [-0.1, -0.05) is 17.8 Å². The van der Waals surface area contributed by atoms with E-state index in [2.05, 4.69) is 20.1 Å². The molecule has 1 N–H and O–H groups in total. The number of carbonyl (C=O) groups excluding carboxylic acids is 1. The van der Waals surface area contributed by atoms with Crippen molar-refractivity contribution in [1.29, 1.82) is 0 Å². The molecule has 2 heterocycles. The van der Waals surface area contributed by atoms with Gasteiger partial charge < -0.3 is 19.4 Å². The average molecular weight is 388 g/mol. The minimum absolute atomic E-state index is 0.0760. The second-order valence-corrected chi connectivity index (χ2v) is 7.87. The van der Waals surface area contributed by atoms with Crippen molar-refractivity contribution in [3.8, 4) is 5.75 Å². The number of aromatic nitrogens is 3. The maximum absolute atomic E-state index is 12.3. The van der Waals surface area contributed by atoms with Crippen LogP contribution < -0.4 is 10.1 Å². The Labute approximate surface area is 162 Å². The summed E-state index contributed by atoms with van der Waals surface area (Å²) in [7, 11) is 1.61. The summed E-state index contributed by atoms with van der Waals surface area (Å²) in [4.78, 5) is 12.3. The Balaban J connectivity index is 1.39. The number of nitrogens with one attached hydrogen (secondary N) is 1. The highest BCUT2D eigenvalue weighted by molar-refractivity contribution is 7.99. The first-order chi connectivity index (χ1) is 13.2. The standard InChI is InChI=1S/C19H24N4O3S/c1-25-15-5-2-4-14(10-15)20-17(24)12-27-19-22-21-18(13-7-8-13)23(19)11-16-6-3-9-26-16/h2,4-5,10,13,16H,3,6-9,11-12H2,1H3,(H,20,24). The topological polar surface area (TPSA) is 78.3 Å². The van der Waals surface area contributed by atoms with E-state index in [4.69, 9.17) is 9.47 Å². The van der Waals surface area contributed by atoms with Crippen LogP contribution >= 0.6 is 11.8 Å². The van der Waals surface area contributed by atoms with Gasteiger partial charge in [0.25, 0.3) is 0 Å². The Kier molecular flexibility index (Phi) is 5.63. The van der Waals surface area contributed by atoms with Gasteiger partial charge in [0, 0.05) is 24.3 Å². The molecular weight excluding hydrogens is 364 g/mol. The minimum Gasteiger partial charge on any atom is -0.497 e. The van der Waals surface area contributed by atoms with Crippen LogP contribution in [0.2, 0.25) is 0 Å². The third-order valence-corrected chi connectivity index (χ3v) is 5.75. The van der Waals surface area contributed by atoms with Crippen LogP contribution in [0.4, 0.5) is 5.69 Å². The second kappa shape index (κ2) is 8.31. The lowest BCUT2D eigenvalue weighted by molar-refractivity contribution is -0.113. The molecule has 1 atom stereocenters. The molecule has 8 heteroatoms. The van der Waals surface area contributed by atoms with Gasteiger partial charge in [-0.3, -0.25) is 4.79 Å². The van der Waals surface area contributed by atoms with E-state index < -0.39 is 0 Å². The highest BCUT2D eigenvalue weighted by Crippen LogP contribution is 2.40. The zero-order valence-corrected chi connectivity index (χ0v) is 16.2. The Morgan fingerprint density at radius 1 is 1.37 bits per heavy atom. The molecule has 1 aliphatic heterocycles. The summed E-state index contributed by atoms with van der Waals surface area (Å²) >= 11 is 1.42. The van der Waals surface area contributed by atoms with E-state index in [0.29, 0.717) is 11.7 Å². The van der Waals surface area contributed by atoms with Crippen molar-refractivity contribution in [2.24, 2.45) is 0 Å². The predicted molar refractivity (Wildman–Crippen MR) is 103 cm³/mol. The lowest BCUT2D eigenvalue weighted by atomic mass is 10.2. The zero-order chi connectivity index (χ0) is 18.6. The zero-order valence-electron chi connectivity index (χ0n) is 15.4. The largest absolute Gasteiger partial charge is 0.497 e. The molecule has 0 spiro atoms. The van der Waals surface area contributed by atoms with Crippen molar-refractivity contribution in [2.45, 2.75) is 49.4 Å². The van der Waals surface area contributed by atoms with Gasteiger partial charge in [0.05, 0.1) is 25.5 Å². The smallest absolute Gasteiger partial charge is 0.234 e. The Morgan fingerprint density at radius 2 is 2.26 bits per heavy atom. The number of methoxy groups -OCH3 is 1. The summed E-state index contributed by atoms with van der Waals surface area (Å²) in [5, 5.41) is 12.4. The third kappa shape index (κ3) is 4.62. The van der Waals surface area contributed by atoms with E-state index in [-0.39, 0.29) is 17.8 Å². The summed E-state index contributed by atoms with van der Waals surface area (Å²) < 4.78 is 13.1. The highest BCUT2D eigenvalue weighted by atomic mass is 32.2. The number of carbonyl (C=O) groups is 1. The molecule has 1 amide bonds. The number of thioether (sulfide) groups is 1. The molecule has 1 unspecified atom stereocenters. The molecular formula is C19H24N4O3S. The van der Waals surface area contributed by atoms with Gasteiger partial charge in [0.15, 0.2) is 5.16 Å². The summed E-state index contributed by atoms with van der Waals surface area (Å²) in [6.45, 7) is 1.61. The molecule has 1 aromatic heterocycles. The van der Waals surface area contributed by atoms with Gasteiger partial charge in [-0.2, -0.15) is 0 Å². The van der Waals surface area contributed by atoms with Gasteiger partial charge >= 0.3 is 0 Å². The van der Waals surface area contributed by atoms with Crippen LogP contribution in [0.5, 0.6) is 5.75 Å². The molecule has 0 bridgehead atoms. The number of hydrogen-bond donors (Lipinski definition) is 1. The summed E-state index contributed by atoms with van der Waals surface area (Å²) in [5.41, 5.74) is 0.722. The monoisotopic (exact) mass is 388 g/mol. The van der Waals surface area contributed by atoms with Gasteiger partial charge in [0.1, 0.15) is 11.6 Å². The first-order valence-electron chi connectivity index (χ1n) is 9.34. The van der Waals surface area contributed by atoms with Crippen molar-refractivity contribution in [3.63, 3.8) is 0 Å². The fraction of sp³-hybridized carbons (Fsp3) is 0.526. The molecule has 4 rings (SSSR count). The summed E-state index contributed by atoms with van der Waals surface area (Å²) in [6, 6.07) is 7.34. The van der Waals surface area contributed by atoms with Crippen molar-refractivity contribution >= 4 is 23.4 Å². The van der Waals surface area contributed by atoms with Crippen molar-refractivity contribution in [3.05, 3.63) is 30.1 Å². The van der Waals surface area contributed by atoms with Gasteiger partial charge in [-0.15, -0.1) is 10.2 Å². The van der Waals surface area contributed by atoms with Crippen LogP contribution in [0.15, 0.2) is 29.4 Å². The Morgan fingerprint density at radius 3 is 3.00 bits per heavy atom. The highest BCUT2D eigenvalue weighted by Gasteiger charge is 2.31. The first-order valence-corrected chi connectivity index (χ1v) is 10.3. The van der Waals surface area contributed by atoms with Gasteiger partial charge in [-0.05, 0) is 37.8 Å². The summed E-state index contributed by atoms with van der Waals surface area (Å²) in [6.07, 6.45) is 4.75. The average Bonchev–Trinajstić information content (AvgIpc) is 3.24. The number of rotatable bonds is 8. The molecule has 7 nitrogen and oxygen atoms in total. The molecule has 2 fully saturated rings. The van der Waals surface area contributed by atoms with Crippen LogP contribution in [0.25, 0.3) is 0 Å². The third-order valence-electron chi connectivity index (χ3n) is 4.78. The van der Waals surface area contributed by atoms with Crippen molar-refractivity contribution in [2.75, 3.05) is 24.8 Å². The summed E-state index contributed by atoms with van der Waals surface area (Å²) in [5.74, 6) is 2.48. The number of hydrogen-bond acceptors (Lipinski definition) is 6. The van der Waals surface area contributed by atoms with E-state index in [0.717, 1.165) is 42.7 Å². The predicted octanol–water partition coefficient (Wildman–Crippen LogP) is 3.07.